The summed E-state index contributed by atoms with van der Waals surface area (Å²) < 4.78 is 6.84. The maximum absolute atomic E-state index is 10.5. The third-order valence-corrected chi connectivity index (χ3v) is 2.88. The number of hydrogen-bond donors (Lipinski definition) is 2. The largest absolute Gasteiger partial charge is 0.481 e. The number of carbonyl (C=O) groups is 2. The van der Waals surface area contributed by atoms with Crippen molar-refractivity contribution < 1.29 is 19.4 Å². The van der Waals surface area contributed by atoms with E-state index in [0.717, 1.165) is 17.5 Å². The molecule has 1 aromatic rings. The van der Waals surface area contributed by atoms with Gasteiger partial charge in [0.25, 0.3) is 0 Å². The molecule has 7 nitrogen and oxygen atoms in total. The Morgan fingerprint density at radius 3 is 2.94 bits per heavy atom. The summed E-state index contributed by atoms with van der Waals surface area (Å²) in [7, 11) is 0. The number of nitrogens with zero attached hydrogens (tertiary/aromatic N) is 2. The molecule has 0 bridgehead atoms. The van der Waals surface area contributed by atoms with Crippen LogP contribution in [0.4, 0.5) is 0 Å². The van der Waals surface area contributed by atoms with Crippen molar-refractivity contribution in [2.24, 2.45) is 5.73 Å². The van der Waals surface area contributed by atoms with E-state index >= 15 is 0 Å². The molecule has 8 heteroatoms. The van der Waals surface area contributed by atoms with Gasteiger partial charge >= 0.3 is 5.97 Å². The zero-order valence-corrected chi connectivity index (χ0v) is 10.8. The molecular formula is C10H15N3O4S. The van der Waals surface area contributed by atoms with Crippen molar-refractivity contribution in [3.63, 3.8) is 0 Å². The SMILES string of the molecule is Cc1cn(CCOCC(N)=O)c(SCC(=O)O)n1. The Morgan fingerprint density at radius 1 is 1.61 bits per heavy atom. The van der Waals surface area contributed by atoms with Crippen LogP contribution in [0, 0.1) is 6.92 Å². The first-order chi connectivity index (χ1) is 8.49. The maximum atomic E-state index is 10.5. The first-order valence-electron chi connectivity index (χ1n) is 5.23. The van der Waals surface area contributed by atoms with Crippen LogP contribution in [-0.4, -0.2) is 45.5 Å². The second-order valence-corrected chi connectivity index (χ2v) is 4.50. The zero-order valence-electron chi connectivity index (χ0n) is 9.96. The van der Waals surface area contributed by atoms with E-state index in [1.54, 1.807) is 10.8 Å². The second kappa shape index (κ2) is 7.02. The van der Waals surface area contributed by atoms with Crippen molar-refractivity contribution >= 4 is 23.6 Å². The molecule has 0 unspecified atom stereocenters. The second-order valence-electron chi connectivity index (χ2n) is 3.56. The van der Waals surface area contributed by atoms with Crippen molar-refractivity contribution in [1.29, 1.82) is 0 Å². The van der Waals surface area contributed by atoms with Crippen molar-refractivity contribution in [2.75, 3.05) is 19.0 Å². The number of carbonyl (C=O) groups excluding carboxylic acids is 1. The van der Waals surface area contributed by atoms with Crippen LogP contribution >= 0.6 is 11.8 Å². The molecule has 3 N–H and O–H groups in total. The van der Waals surface area contributed by atoms with Crippen molar-refractivity contribution in [1.82, 2.24) is 9.55 Å². The molecule has 0 aliphatic heterocycles. The van der Waals surface area contributed by atoms with Crippen LogP contribution in [0.1, 0.15) is 5.69 Å². The van der Waals surface area contributed by atoms with Crippen LogP contribution in [0.25, 0.3) is 0 Å². The van der Waals surface area contributed by atoms with Gasteiger partial charge in [-0.1, -0.05) is 11.8 Å². The molecular weight excluding hydrogens is 258 g/mol. The number of nitrogens with two attached hydrogens (primary N) is 1. The Balaban J connectivity index is 2.48. The molecule has 1 rings (SSSR count). The van der Waals surface area contributed by atoms with Crippen LogP contribution in [0.2, 0.25) is 0 Å². The number of primary amides is 1. The Morgan fingerprint density at radius 2 is 2.33 bits per heavy atom. The molecule has 0 aliphatic rings. The van der Waals surface area contributed by atoms with Crippen molar-refractivity contribution in [3.05, 3.63) is 11.9 Å². The standard InChI is InChI=1S/C10H15N3O4S/c1-7-4-13(2-3-17-5-8(11)14)10(12-7)18-6-9(15)16/h4H,2-3,5-6H2,1H3,(H2,11,14)(H,15,16). The third kappa shape index (κ3) is 5.19. The summed E-state index contributed by atoms with van der Waals surface area (Å²) in [6.45, 7) is 2.52. The minimum Gasteiger partial charge on any atom is -0.481 e. The minimum absolute atomic E-state index is 0.0431. The number of carboxylic acid groups (broad SMARTS) is 1. The fourth-order valence-electron chi connectivity index (χ4n) is 1.26. The van der Waals surface area contributed by atoms with Crippen molar-refractivity contribution in [3.8, 4) is 0 Å². The smallest absolute Gasteiger partial charge is 0.313 e. The molecule has 0 saturated heterocycles. The van der Waals surface area contributed by atoms with E-state index < -0.39 is 11.9 Å². The summed E-state index contributed by atoms with van der Waals surface area (Å²) in [4.78, 5) is 25.2. The average molecular weight is 273 g/mol. The van der Waals surface area contributed by atoms with Gasteiger partial charge in [-0.3, -0.25) is 9.59 Å². The summed E-state index contributed by atoms with van der Waals surface area (Å²) in [6, 6.07) is 0. The number of aliphatic carboxylic acids is 1. The van der Waals surface area contributed by atoms with E-state index in [1.807, 2.05) is 6.92 Å². The summed E-state index contributed by atoms with van der Waals surface area (Å²) in [5.74, 6) is -1.45. The van der Waals surface area contributed by atoms with Crippen LogP contribution in [0.5, 0.6) is 0 Å². The van der Waals surface area contributed by atoms with Gasteiger partial charge in [-0.05, 0) is 6.92 Å². The van der Waals surface area contributed by atoms with Gasteiger partial charge in [0, 0.05) is 12.7 Å². The molecule has 1 aromatic heterocycles. The molecule has 0 atom stereocenters. The summed E-state index contributed by atoms with van der Waals surface area (Å²) in [5, 5.41) is 9.24. The van der Waals surface area contributed by atoms with Crippen LogP contribution in [0.15, 0.2) is 11.4 Å². The molecule has 0 spiro atoms. The highest BCUT2D eigenvalue weighted by Crippen LogP contribution is 2.17. The topological polar surface area (TPSA) is 107 Å². The van der Waals surface area contributed by atoms with E-state index in [4.69, 9.17) is 15.6 Å². The van der Waals surface area contributed by atoms with E-state index in [1.165, 1.54) is 0 Å². The van der Waals surface area contributed by atoms with Gasteiger partial charge in [-0.25, -0.2) is 4.98 Å². The third-order valence-electron chi connectivity index (χ3n) is 1.91. The average Bonchev–Trinajstić information content (AvgIpc) is 2.62. The number of aryl methyl sites for hydroxylation is 1. The van der Waals surface area contributed by atoms with Gasteiger partial charge in [0.05, 0.1) is 18.1 Å². The zero-order chi connectivity index (χ0) is 13.5. The Hall–Kier alpha value is -1.54. The molecule has 0 radical (unpaired) electrons. The lowest BCUT2D eigenvalue weighted by atomic mass is 10.5. The number of thioether (sulfide) groups is 1. The monoisotopic (exact) mass is 273 g/mol. The molecule has 1 amide bonds. The molecule has 0 aromatic carbocycles. The maximum Gasteiger partial charge on any atom is 0.313 e. The number of ether oxygens (including phenoxy) is 1. The predicted molar refractivity (Wildman–Crippen MR) is 65.3 cm³/mol. The number of aromatic nitrogens is 2. The van der Waals surface area contributed by atoms with Gasteiger partial charge in [0.2, 0.25) is 5.91 Å². The highest BCUT2D eigenvalue weighted by atomic mass is 32.2. The quantitative estimate of drug-likeness (QED) is 0.504. The normalized spacial score (nSPS) is 10.5. The number of rotatable bonds is 8. The molecule has 0 fully saturated rings. The highest BCUT2D eigenvalue weighted by molar-refractivity contribution is 7.99. The van der Waals surface area contributed by atoms with E-state index in [2.05, 4.69) is 4.98 Å². The lowest BCUT2D eigenvalue weighted by molar-refractivity contribution is -0.134. The summed E-state index contributed by atoms with van der Waals surface area (Å²) in [6.07, 6.45) is 1.80. The molecule has 18 heavy (non-hydrogen) atoms. The fourth-order valence-corrected chi connectivity index (χ4v) is 2.03. The molecule has 0 saturated carbocycles. The van der Waals surface area contributed by atoms with Gasteiger partial charge in [-0.2, -0.15) is 0 Å². The lowest BCUT2D eigenvalue weighted by Crippen LogP contribution is -2.19. The van der Waals surface area contributed by atoms with Crippen molar-refractivity contribution in [2.45, 2.75) is 18.6 Å². The van der Waals surface area contributed by atoms with E-state index in [-0.39, 0.29) is 12.4 Å². The summed E-state index contributed by atoms with van der Waals surface area (Å²) in [5.41, 5.74) is 5.74. The number of amides is 1. The summed E-state index contributed by atoms with van der Waals surface area (Å²) >= 11 is 1.15. The van der Waals surface area contributed by atoms with Gasteiger partial charge in [-0.15, -0.1) is 0 Å². The highest BCUT2D eigenvalue weighted by Gasteiger charge is 2.08. The number of imidazole rings is 1. The Bertz CT molecular complexity index is 433. The fraction of sp³-hybridized carbons (Fsp3) is 0.500. The van der Waals surface area contributed by atoms with Crippen LogP contribution in [-0.2, 0) is 20.9 Å². The van der Waals surface area contributed by atoms with Gasteiger partial charge < -0.3 is 20.1 Å². The molecule has 100 valence electrons. The molecule has 0 aliphatic carbocycles. The lowest BCUT2D eigenvalue weighted by Gasteiger charge is -2.06. The first-order valence-corrected chi connectivity index (χ1v) is 6.22. The van der Waals surface area contributed by atoms with Crippen LogP contribution < -0.4 is 5.73 Å². The predicted octanol–water partition coefficient (Wildman–Crippen LogP) is -0.130. The van der Waals surface area contributed by atoms with Gasteiger partial charge in [0.15, 0.2) is 5.16 Å². The minimum atomic E-state index is -0.891. The Kier molecular flexibility index (Phi) is 5.66. The number of hydrogen-bond acceptors (Lipinski definition) is 5. The number of carboxylic acids is 1. The van der Waals surface area contributed by atoms with E-state index in [0.29, 0.717) is 18.3 Å². The first kappa shape index (κ1) is 14.5. The Labute approximate surface area is 108 Å². The molecule has 1 heterocycles. The van der Waals surface area contributed by atoms with Crippen LogP contribution in [0.3, 0.4) is 0 Å². The van der Waals surface area contributed by atoms with E-state index in [9.17, 15) is 9.59 Å². The van der Waals surface area contributed by atoms with Gasteiger partial charge in [0.1, 0.15) is 6.61 Å².